The lowest BCUT2D eigenvalue weighted by Crippen LogP contribution is -2.24. The molecule has 0 atom stereocenters. The van der Waals surface area contributed by atoms with Gasteiger partial charge in [0.15, 0.2) is 0 Å². The minimum Gasteiger partial charge on any atom is -0.442 e. The van der Waals surface area contributed by atoms with Crippen molar-refractivity contribution in [3.8, 4) is 12.3 Å². The van der Waals surface area contributed by atoms with E-state index in [1.165, 1.54) is 48.6 Å². The highest BCUT2D eigenvalue weighted by Gasteiger charge is 2.22. The van der Waals surface area contributed by atoms with E-state index in [4.69, 9.17) is 73.6 Å². The lowest BCUT2D eigenvalue weighted by molar-refractivity contribution is -0.115. The molecule has 1 aliphatic heterocycles. The Balaban J connectivity index is 0.000000169. The molecule has 0 spiro atoms. The number of benzene rings is 8. The summed E-state index contributed by atoms with van der Waals surface area (Å²) < 4.78 is 119. The van der Waals surface area contributed by atoms with Gasteiger partial charge in [0.05, 0.1) is 18.3 Å². The normalized spacial score (nSPS) is 12.2. The molecule has 1 aliphatic rings. The predicted octanol–water partition coefficient (Wildman–Crippen LogP) is 19.4. The monoisotopic (exact) mass is 1310 g/mol. The van der Waals surface area contributed by atoms with E-state index in [0.717, 1.165) is 41.5 Å². The first kappa shape index (κ1) is 67.2. The molecule has 10 rings (SSSR count). The lowest BCUT2D eigenvalue weighted by atomic mass is 10.0. The Morgan fingerprint density at radius 3 is 1.25 bits per heavy atom. The van der Waals surface area contributed by atoms with Gasteiger partial charge >= 0.3 is 0 Å². The Bertz CT molecular complexity index is 4260. The number of amides is 1. The van der Waals surface area contributed by atoms with Crippen LogP contribution in [0.25, 0.3) is 46.6 Å². The van der Waals surface area contributed by atoms with Gasteiger partial charge < -0.3 is 14.5 Å². The highest BCUT2D eigenvalue weighted by Crippen LogP contribution is 2.32. The fourth-order valence-corrected chi connectivity index (χ4v) is 8.62. The molecule has 1 aromatic heterocycles. The number of oxazole rings is 1. The minimum atomic E-state index is -0.848. The Morgan fingerprint density at radius 1 is 0.539 bits per heavy atom. The fourth-order valence-electron chi connectivity index (χ4n) is 7.96. The maximum atomic E-state index is 14.2. The Labute approximate surface area is 531 Å². The van der Waals surface area contributed by atoms with Gasteiger partial charge in [-0.3, -0.25) is 9.59 Å². The Kier molecular flexibility index (Phi) is 24.3. The molecule has 0 fully saturated rings. The maximum absolute atomic E-state index is 14.2. The van der Waals surface area contributed by atoms with E-state index in [1.807, 2.05) is 0 Å². The summed E-state index contributed by atoms with van der Waals surface area (Å²) in [5.41, 5.74) is 4.04. The van der Waals surface area contributed by atoms with Gasteiger partial charge in [-0.25, -0.2) is 45.1 Å². The molecule has 7 nitrogen and oxygen atoms in total. The molecular weight excluding hydrogens is 1260 g/mol. The van der Waals surface area contributed by atoms with Crippen LogP contribution in [0.15, 0.2) is 198 Å². The van der Waals surface area contributed by atoms with Crippen LogP contribution in [0.4, 0.5) is 35.1 Å². The molecule has 0 unspecified atom stereocenters. The number of aromatic nitrogens is 1. The molecule has 0 saturated heterocycles. The molecule has 9 aromatic rings. The molecule has 2 heterocycles. The summed E-state index contributed by atoms with van der Waals surface area (Å²) in [6.45, 7) is 5.76. The number of hydrogen-bond acceptors (Lipinski definition) is 6. The summed E-state index contributed by atoms with van der Waals surface area (Å²) in [5.74, 6) is -2.45. The van der Waals surface area contributed by atoms with E-state index in [9.17, 15) is 44.7 Å². The summed E-state index contributed by atoms with van der Waals surface area (Å²) in [5, 5.41) is 3.92. The highest BCUT2D eigenvalue weighted by molar-refractivity contribution is 6.75. The van der Waals surface area contributed by atoms with Crippen molar-refractivity contribution < 1.29 is 53.9 Å². The molecule has 0 saturated carbocycles. The van der Waals surface area contributed by atoms with Crippen LogP contribution >= 0.6 is 58.0 Å². The van der Waals surface area contributed by atoms with Gasteiger partial charge in [-0.05, 0) is 162 Å². The summed E-state index contributed by atoms with van der Waals surface area (Å²) >= 11 is 28.8. The van der Waals surface area contributed by atoms with Gasteiger partial charge in [0.25, 0.3) is 11.1 Å². The first-order valence-electron chi connectivity index (χ1n) is 26.0. The van der Waals surface area contributed by atoms with E-state index >= 15 is 0 Å². The average molecular weight is 1310 g/mol. The number of nitrogens with zero attached hydrogens (tertiary/aromatic N) is 2. The zero-order chi connectivity index (χ0) is 64.3. The van der Waals surface area contributed by atoms with Crippen molar-refractivity contribution in [1.82, 2.24) is 10.3 Å². The van der Waals surface area contributed by atoms with Crippen LogP contribution in [0.1, 0.15) is 56.2 Å². The number of carbonyl (C=O) groups excluding carboxylic acids is 2. The number of ether oxygens (including phenoxy) is 1. The van der Waals surface area contributed by atoms with Crippen molar-refractivity contribution in [3.63, 3.8) is 0 Å². The molecular formula is C69H44Cl5F8N3O4. The number of halogens is 13. The van der Waals surface area contributed by atoms with Crippen LogP contribution in [0.2, 0.25) is 20.1 Å². The van der Waals surface area contributed by atoms with Crippen LogP contribution in [-0.2, 0) is 14.3 Å². The number of aryl methyl sites for hydroxylation is 1. The second kappa shape index (κ2) is 32.1. The predicted molar refractivity (Wildman–Crippen MR) is 338 cm³/mol. The number of rotatable bonds is 13. The van der Waals surface area contributed by atoms with Gasteiger partial charge in [-0.15, -0.1) is 6.42 Å². The van der Waals surface area contributed by atoms with Crippen molar-refractivity contribution in [2.24, 2.45) is 4.99 Å². The van der Waals surface area contributed by atoms with Crippen LogP contribution in [0, 0.1) is 65.8 Å². The van der Waals surface area contributed by atoms with Gasteiger partial charge in [0.2, 0.25) is 11.8 Å². The average Bonchev–Trinajstić information content (AvgIpc) is 2.76. The molecule has 0 bridgehead atoms. The zero-order valence-corrected chi connectivity index (χ0v) is 50.0. The van der Waals surface area contributed by atoms with E-state index in [0.29, 0.717) is 66.5 Å². The number of terminal acetylenes is 1. The van der Waals surface area contributed by atoms with Crippen molar-refractivity contribution >= 4 is 122 Å². The lowest BCUT2D eigenvalue weighted by Gasteiger charge is -2.10. The maximum Gasteiger partial charge on any atom is 0.253 e. The summed E-state index contributed by atoms with van der Waals surface area (Å²) in [6.07, 6.45) is 13.0. The molecule has 8 aromatic carbocycles. The molecule has 450 valence electrons. The summed E-state index contributed by atoms with van der Waals surface area (Å²) in [6, 6.07) is 40.0. The molecule has 1 N–H and O–H groups in total. The van der Waals surface area contributed by atoms with Gasteiger partial charge in [-0.2, -0.15) is 0 Å². The van der Waals surface area contributed by atoms with Gasteiger partial charge in [0, 0.05) is 83.3 Å². The molecule has 89 heavy (non-hydrogen) atoms. The van der Waals surface area contributed by atoms with E-state index < -0.39 is 57.7 Å². The smallest absolute Gasteiger partial charge is 0.253 e. The topological polar surface area (TPSA) is 93.8 Å². The van der Waals surface area contributed by atoms with E-state index in [2.05, 4.69) is 27.8 Å². The second-order valence-electron chi connectivity index (χ2n) is 18.6. The van der Waals surface area contributed by atoms with Crippen LogP contribution < -0.4 is 5.32 Å². The summed E-state index contributed by atoms with van der Waals surface area (Å²) in [7, 11) is 0. The van der Waals surface area contributed by atoms with Crippen molar-refractivity contribution in [3.05, 3.63) is 311 Å². The van der Waals surface area contributed by atoms with Gasteiger partial charge in [0.1, 0.15) is 64.6 Å². The van der Waals surface area contributed by atoms with E-state index in [1.54, 1.807) is 122 Å². The minimum absolute atomic E-state index is 0.000392. The molecule has 0 radical (unpaired) electrons. The standard InChI is InChI=1S/3C18H12ClF2NO.C15H8Cl2F2O/c2*1-11-10-22-18(23-11)16(8-12-2-4-13(19)5-3-12)15-7-6-14(20)9-17(15)21;1-2-9-22-18(23)16(10-12-3-5-13(19)6-4-12)15-8-7-14(20)11-17(15)21;16-10-3-1-9(2-4-10)7-13(15(17)20)12-6-5-11(18)8-14(12)19/h2-10H,1H3;2-9H,1,10H2;1,3-8,10-11H,9H2,(H,22,23);1-8H/b2*16-8+;16-10+;13-7+. The van der Waals surface area contributed by atoms with Crippen molar-refractivity contribution in [1.29, 1.82) is 0 Å². The van der Waals surface area contributed by atoms with Crippen LogP contribution in [-0.4, -0.2) is 35.1 Å². The van der Waals surface area contributed by atoms with Crippen molar-refractivity contribution in [2.75, 3.05) is 13.1 Å². The third kappa shape index (κ3) is 19.9. The van der Waals surface area contributed by atoms with Crippen molar-refractivity contribution in [2.45, 2.75) is 6.92 Å². The second-order valence-corrected chi connectivity index (χ2v) is 20.7. The first-order chi connectivity index (χ1) is 42.5. The number of nitrogens with one attached hydrogen (secondary N) is 1. The molecule has 20 heteroatoms. The SMILES string of the molecule is C#CCNC(=O)/C(=C/c1ccc(Cl)cc1)c1ccc(F)cc1F.C=C1CN=C(/C(=C/c2ccc(Cl)cc2)c2ccc(F)cc2F)O1.Cc1cnc(/C(=C/c2ccc(Cl)cc2)c2ccc(F)cc2F)o1.O=C(Cl)/C(=C/c1ccc(Cl)cc1)c1ccc(F)cc1F. The Hall–Kier alpha value is -9.27. The fraction of sp³-hybridized carbons (Fsp3) is 0.0435. The third-order valence-electron chi connectivity index (χ3n) is 12.1. The van der Waals surface area contributed by atoms with E-state index in [-0.39, 0.29) is 51.7 Å². The number of carbonyl (C=O) groups is 2. The van der Waals surface area contributed by atoms with Crippen LogP contribution in [0.3, 0.4) is 0 Å². The molecule has 0 aliphatic carbocycles. The quantitative estimate of drug-likeness (QED) is 0.0408. The third-order valence-corrected chi connectivity index (χ3v) is 13.4. The van der Waals surface area contributed by atoms with Crippen LogP contribution in [0.5, 0.6) is 0 Å². The van der Waals surface area contributed by atoms with Gasteiger partial charge in [-0.1, -0.05) is 107 Å². The molecule has 1 amide bonds. The Morgan fingerprint density at radius 2 is 0.899 bits per heavy atom. The zero-order valence-electron chi connectivity index (χ0n) is 46.2. The first-order valence-corrected chi connectivity index (χ1v) is 27.9. The largest absolute Gasteiger partial charge is 0.442 e. The highest BCUT2D eigenvalue weighted by atomic mass is 35.5. The number of allylic oxidation sites excluding steroid dienone is 1. The number of aliphatic imine (C=N–C) groups is 1. The number of hydrogen-bond donors (Lipinski definition) is 1. The summed E-state index contributed by atoms with van der Waals surface area (Å²) in [4.78, 5) is 32.1.